The van der Waals surface area contributed by atoms with E-state index >= 15 is 0 Å². The maximum absolute atomic E-state index is 2.55. The Morgan fingerprint density at radius 3 is 2.17 bits per heavy atom. The van der Waals surface area contributed by atoms with Gasteiger partial charge in [-0.15, -0.1) is 0 Å². The van der Waals surface area contributed by atoms with Crippen molar-refractivity contribution in [2.75, 3.05) is 13.1 Å². The summed E-state index contributed by atoms with van der Waals surface area (Å²) >= 11 is 0. The molecular formula is C10H17NSi. The third-order valence-corrected chi connectivity index (χ3v) is 4.32. The molecule has 0 N–H and O–H groups in total. The quantitative estimate of drug-likeness (QED) is 0.616. The summed E-state index contributed by atoms with van der Waals surface area (Å²) in [5, 5.41) is 1.54. The smallest absolute Gasteiger partial charge is 0.127 e. The molecule has 12 heavy (non-hydrogen) atoms. The van der Waals surface area contributed by atoms with Crippen LogP contribution in [0.15, 0.2) is 30.3 Å². The summed E-state index contributed by atoms with van der Waals surface area (Å²) < 4.78 is 2.55. The second-order valence-electron chi connectivity index (χ2n) is 2.95. The lowest BCUT2D eigenvalue weighted by molar-refractivity contribution is 0.498. The van der Waals surface area contributed by atoms with E-state index in [1.807, 2.05) is 0 Å². The molecule has 2 heteroatoms. The molecule has 0 atom stereocenters. The molecular weight excluding hydrogens is 162 g/mol. The molecule has 0 aliphatic carbocycles. The van der Waals surface area contributed by atoms with Crippen molar-refractivity contribution in [2.45, 2.75) is 13.8 Å². The zero-order valence-corrected chi connectivity index (χ0v) is 9.37. The van der Waals surface area contributed by atoms with Crippen LogP contribution in [-0.4, -0.2) is 27.3 Å². The predicted octanol–water partition coefficient (Wildman–Crippen LogP) is 0.737. The van der Waals surface area contributed by atoms with Crippen LogP contribution in [0.2, 0.25) is 0 Å². The van der Waals surface area contributed by atoms with E-state index in [1.165, 1.54) is 13.1 Å². The highest BCUT2D eigenvalue weighted by molar-refractivity contribution is 6.50. The minimum Gasteiger partial charge on any atom is -0.325 e. The highest BCUT2D eigenvalue weighted by atomic mass is 28.2. The average Bonchev–Trinajstić information content (AvgIpc) is 2.16. The van der Waals surface area contributed by atoms with Gasteiger partial charge >= 0.3 is 0 Å². The van der Waals surface area contributed by atoms with Crippen molar-refractivity contribution >= 4 is 14.9 Å². The maximum Gasteiger partial charge on any atom is 0.127 e. The third kappa shape index (κ3) is 2.79. The standard InChI is InChI=1S/C10H17NSi/c1-3-11(4-2)12-10-8-6-5-7-9-10/h5-9H,3-4,12H2,1-2H3. The van der Waals surface area contributed by atoms with Gasteiger partial charge in [0.2, 0.25) is 0 Å². The van der Waals surface area contributed by atoms with E-state index in [0.717, 1.165) is 0 Å². The fourth-order valence-electron chi connectivity index (χ4n) is 1.29. The van der Waals surface area contributed by atoms with E-state index in [9.17, 15) is 0 Å². The molecule has 0 radical (unpaired) electrons. The van der Waals surface area contributed by atoms with Gasteiger partial charge in [0.05, 0.1) is 0 Å². The van der Waals surface area contributed by atoms with E-state index in [0.29, 0.717) is 0 Å². The van der Waals surface area contributed by atoms with Crippen molar-refractivity contribution in [2.24, 2.45) is 0 Å². The first-order chi connectivity index (χ1) is 5.86. The molecule has 0 saturated heterocycles. The number of hydrogen-bond donors (Lipinski definition) is 0. The van der Waals surface area contributed by atoms with Gasteiger partial charge < -0.3 is 4.57 Å². The summed E-state index contributed by atoms with van der Waals surface area (Å²) in [5.74, 6) is 0. The molecule has 0 unspecified atom stereocenters. The van der Waals surface area contributed by atoms with Crippen LogP contribution >= 0.6 is 0 Å². The normalized spacial score (nSPS) is 11.6. The van der Waals surface area contributed by atoms with Gasteiger partial charge in [0, 0.05) is 0 Å². The molecule has 0 heterocycles. The molecule has 0 aliphatic rings. The molecule has 0 amide bonds. The molecule has 1 rings (SSSR count). The van der Waals surface area contributed by atoms with Gasteiger partial charge in [-0.05, 0) is 18.3 Å². The summed E-state index contributed by atoms with van der Waals surface area (Å²) in [6.45, 7) is 6.86. The first kappa shape index (κ1) is 9.48. The average molecular weight is 179 g/mol. The van der Waals surface area contributed by atoms with E-state index in [1.54, 1.807) is 5.19 Å². The first-order valence-electron chi connectivity index (χ1n) is 4.63. The van der Waals surface area contributed by atoms with Crippen molar-refractivity contribution in [1.82, 2.24) is 4.57 Å². The Morgan fingerprint density at radius 2 is 1.67 bits per heavy atom. The van der Waals surface area contributed by atoms with Crippen LogP contribution < -0.4 is 5.19 Å². The Hall–Kier alpha value is -0.603. The predicted molar refractivity (Wildman–Crippen MR) is 57.5 cm³/mol. The van der Waals surface area contributed by atoms with Crippen molar-refractivity contribution in [3.05, 3.63) is 30.3 Å². The number of nitrogens with zero attached hydrogens (tertiary/aromatic N) is 1. The van der Waals surface area contributed by atoms with Gasteiger partial charge in [-0.2, -0.15) is 0 Å². The molecule has 1 aromatic carbocycles. The number of benzene rings is 1. The molecule has 0 saturated carbocycles. The molecule has 0 bridgehead atoms. The van der Waals surface area contributed by atoms with Gasteiger partial charge in [0.15, 0.2) is 0 Å². The van der Waals surface area contributed by atoms with Crippen LogP contribution in [0.3, 0.4) is 0 Å². The molecule has 0 fully saturated rings. The summed E-state index contributed by atoms with van der Waals surface area (Å²) in [5.41, 5.74) is 0. The van der Waals surface area contributed by atoms with Crippen LogP contribution in [-0.2, 0) is 0 Å². The van der Waals surface area contributed by atoms with Crippen LogP contribution in [0.1, 0.15) is 13.8 Å². The minimum atomic E-state index is -0.164. The highest BCUT2D eigenvalue weighted by Gasteiger charge is 1.99. The fourth-order valence-corrected chi connectivity index (χ4v) is 2.74. The third-order valence-electron chi connectivity index (χ3n) is 2.14. The Kier molecular flexibility index (Phi) is 4.04. The summed E-state index contributed by atoms with van der Waals surface area (Å²) in [6.07, 6.45) is 0. The number of hydrogen-bond acceptors (Lipinski definition) is 1. The van der Waals surface area contributed by atoms with Crippen LogP contribution in [0.4, 0.5) is 0 Å². The fraction of sp³-hybridized carbons (Fsp3) is 0.400. The van der Waals surface area contributed by atoms with Gasteiger partial charge in [0.25, 0.3) is 0 Å². The van der Waals surface area contributed by atoms with Crippen LogP contribution in [0, 0.1) is 0 Å². The van der Waals surface area contributed by atoms with Gasteiger partial charge in [-0.3, -0.25) is 0 Å². The second kappa shape index (κ2) is 5.12. The highest BCUT2D eigenvalue weighted by Crippen LogP contribution is 1.86. The van der Waals surface area contributed by atoms with Crippen molar-refractivity contribution in [3.63, 3.8) is 0 Å². The van der Waals surface area contributed by atoms with Crippen LogP contribution in [0.25, 0.3) is 0 Å². The van der Waals surface area contributed by atoms with E-state index in [-0.39, 0.29) is 9.68 Å². The van der Waals surface area contributed by atoms with Crippen molar-refractivity contribution < 1.29 is 0 Å². The SMILES string of the molecule is CCN(CC)[SiH2]c1ccccc1. The molecule has 1 nitrogen and oxygen atoms in total. The minimum absolute atomic E-state index is 0.164. The Labute approximate surface area is 77.3 Å². The Morgan fingerprint density at radius 1 is 1.08 bits per heavy atom. The zero-order chi connectivity index (χ0) is 8.81. The topological polar surface area (TPSA) is 3.24 Å². The Balaban J connectivity index is 2.51. The van der Waals surface area contributed by atoms with E-state index < -0.39 is 0 Å². The molecule has 66 valence electrons. The Bertz CT molecular complexity index is 206. The van der Waals surface area contributed by atoms with E-state index in [2.05, 4.69) is 48.7 Å². The first-order valence-corrected chi connectivity index (χ1v) is 5.97. The number of rotatable bonds is 4. The van der Waals surface area contributed by atoms with Gasteiger partial charge in [-0.1, -0.05) is 44.2 Å². The zero-order valence-electron chi connectivity index (χ0n) is 7.96. The van der Waals surface area contributed by atoms with Gasteiger partial charge in [-0.25, -0.2) is 0 Å². The van der Waals surface area contributed by atoms with E-state index in [4.69, 9.17) is 0 Å². The van der Waals surface area contributed by atoms with Crippen LogP contribution in [0.5, 0.6) is 0 Å². The molecule has 0 aliphatic heterocycles. The lowest BCUT2D eigenvalue weighted by Crippen LogP contribution is -2.35. The van der Waals surface area contributed by atoms with Gasteiger partial charge in [0.1, 0.15) is 9.68 Å². The molecule has 0 aromatic heterocycles. The largest absolute Gasteiger partial charge is 0.325 e. The molecule has 1 aromatic rings. The monoisotopic (exact) mass is 179 g/mol. The summed E-state index contributed by atoms with van der Waals surface area (Å²) in [4.78, 5) is 0. The maximum atomic E-state index is 2.55. The second-order valence-corrected chi connectivity index (χ2v) is 4.97. The lowest BCUT2D eigenvalue weighted by Gasteiger charge is -2.17. The van der Waals surface area contributed by atoms with Crippen molar-refractivity contribution in [3.8, 4) is 0 Å². The lowest BCUT2D eigenvalue weighted by atomic mass is 10.4. The van der Waals surface area contributed by atoms with Crippen molar-refractivity contribution in [1.29, 1.82) is 0 Å². The molecule has 0 spiro atoms. The summed E-state index contributed by atoms with van der Waals surface area (Å²) in [6, 6.07) is 10.8. The summed E-state index contributed by atoms with van der Waals surface area (Å²) in [7, 11) is -0.164.